The zero-order valence-electron chi connectivity index (χ0n) is 23.9. The van der Waals surface area contributed by atoms with Crippen molar-refractivity contribution in [3.05, 3.63) is 16.8 Å². The summed E-state index contributed by atoms with van der Waals surface area (Å²) in [6.45, 7) is 2.95. The van der Waals surface area contributed by atoms with Gasteiger partial charge >= 0.3 is 13.3 Å². The minimum absolute atomic E-state index is 0.0722. The number of nitrogen functional groups attached to an aromatic ring is 1. The molecule has 226 valence electrons. The van der Waals surface area contributed by atoms with Crippen LogP contribution in [0.3, 0.4) is 0 Å². The predicted molar refractivity (Wildman–Crippen MR) is 164 cm³/mol. The third kappa shape index (κ3) is 17.1. The maximum Gasteiger partial charge on any atom is 0.356 e. The van der Waals surface area contributed by atoms with E-state index in [9.17, 15) is 9.36 Å². The second kappa shape index (κ2) is 22.1. The van der Waals surface area contributed by atoms with Gasteiger partial charge < -0.3 is 19.5 Å². The summed E-state index contributed by atoms with van der Waals surface area (Å²) >= 11 is 0. The maximum absolute atomic E-state index is 12.7. The van der Waals surface area contributed by atoms with E-state index in [2.05, 4.69) is 16.9 Å². The van der Waals surface area contributed by atoms with Crippen LogP contribution in [-0.2, 0) is 24.9 Å². The maximum atomic E-state index is 12.7. The molecule has 0 bridgehead atoms. The second-order valence-electron chi connectivity index (χ2n) is 10.3. The van der Waals surface area contributed by atoms with Gasteiger partial charge in [0.25, 0.3) is 0 Å². The first-order chi connectivity index (χ1) is 19.0. The van der Waals surface area contributed by atoms with E-state index in [1.165, 1.54) is 107 Å². The number of nitrogens with zero attached hydrogens (tertiary/aromatic N) is 3. The summed E-state index contributed by atoms with van der Waals surface area (Å²) in [6, 6.07) is 0. The summed E-state index contributed by atoms with van der Waals surface area (Å²) in [5.74, 6) is 2.21. The number of unbranched alkanes of at least 4 members (excludes halogenated alkanes) is 14. The summed E-state index contributed by atoms with van der Waals surface area (Å²) < 4.78 is 30.6. The summed E-state index contributed by atoms with van der Waals surface area (Å²) in [6.07, 6.45) is 22.2. The average Bonchev–Trinajstić information content (AvgIpc) is 2.92. The average molecular weight is 607 g/mol. The van der Waals surface area contributed by atoms with Crippen LogP contribution in [0.25, 0.3) is 0 Å². The Morgan fingerprint density at radius 3 is 2.05 bits per heavy atom. The molecule has 39 heavy (non-hydrogen) atoms. The highest BCUT2D eigenvalue weighted by Gasteiger charge is 2.33. The molecule has 2 rings (SSSR count). The molecule has 1 aromatic heterocycles. The van der Waals surface area contributed by atoms with Crippen LogP contribution in [0.15, 0.2) is 11.1 Å². The Hall–Kier alpha value is -0.580. The van der Waals surface area contributed by atoms with Crippen molar-refractivity contribution < 1.29 is 18.3 Å². The van der Waals surface area contributed by atoms with Crippen LogP contribution in [0.5, 0.6) is 0 Å². The van der Waals surface area contributed by atoms with Gasteiger partial charge in [-0.2, -0.15) is 4.98 Å². The molecule has 0 spiro atoms. The molecule has 2 atom stereocenters. The molecular weight excluding hydrogens is 555 g/mol. The fourth-order valence-corrected chi connectivity index (χ4v) is 8.02. The largest absolute Gasteiger partial charge is 0.368 e. The van der Waals surface area contributed by atoms with Crippen molar-refractivity contribution in [3.8, 4) is 0 Å². The number of rotatable bonds is 24. The SMILES string of the molecule is CCCCCCCCCCCCCCCCSSCCCCOP1(=O)COC(Cn2cnc(N)nc2=O)CO1. The van der Waals surface area contributed by atoms with Gasteiger partial charge in [0.1, 0.15) is 18.8 Å². The number of ether oxygens (including phenoxy) is 1. The van der Waals surface area contributed by atoms with E-state index >= 15 is 0 Å². The molecule has 0 amide bonds. The zero-order chi connectivity index (χ0) is 28.0. The van der Waals surface area contributed by atoms with E-state index < -0.39 is 19.4 Å². The standard InChI is InChI=1S/C27H51N4O5PS2/c1-2-3-4-5-6-7-8-9-10-11-12-13-14-16-19-38-39-20-17-15-18-35-37(33)24-34-25(22-36-37)21-31-23-29-26(28)30-27(31)32/h23,25H,2-22,24H2,1H3,(H2,28,30,32). The number of hydrogen-bond donors (Lipinski definition) is 1. The van der Waals surface area contributed by atoms with Gasteiger partial charge in [0.15, 0.2) is 0 Å². The van der Waals surface area contributed by atoms with E-state index in [4.69, 9.17) is 19.5 Å². The molecule has 1 saturated heterocycles. The van der Waals surface area contributed by atoms with Crippen LogP contribution in [-0.4, -0.2) is 51.7 Å². The van der Waals surface area contributed by atoms with Crippen LogP contribution in [0.1, 0.15) is 110 Å². The Bertz CT molecular complexity index is 852. The highest BCUT2D eigenvalue weighted by Crippen LogP contribution is 2.51. The fourth-order valence-electron chi connectivity index (χ4n) is 4.31. The van der Waals surface area contributed by atoms with E-state index in [1.54, 1.807) is 0 Å². The van der Waals surface area contributed by atoms with Gasteiger partial charge in [-0.3, -0.25) is 9.13 Å². The highest BCUT2D eigenvalue weighted by atomic mass is 33.1. The molecule has 0 aliphatic carbocycles. The Balaban J connectivity index is 1.32. The van der Waals surface area contributed by atoms with Crippen LogP contribution in [0, 0.1) is 0 Å². The quantitative estimate of drug-likeness (QED) is 0.0722. The summed E-state index contributed by atoms with van der Waals surface area (Å²) in [4.78, 5) is 19.2. The molecule has 1 aliphatic rings. The van der Waals surface area contributed by atoms with Crippen molar-refractivity contribution in [2.45, 2.75) is 122 Å². The van der Waals surface area contributed by atoms with Crippen molar-refractivity contribution in [1.29, 1.82) is 0 Å². The smallest absolute Gasteiger partial charge is 0.356 e. The Labute approximate surface area is 243 Å². The summed E-state index contributed by atoms with van der Waals surface area (Å²) in [5, 5.41) is 0. The van der Waals surface area contributed by atoms with Crippen LogP contribution in [0.2, 0.25) is 0 Å². The molecule has 2 heterocycles. The zero-order valence-corrected chi connectivity index (χ0v) is 26.5. The van der Waals surface area contributed by atoms with Gasteiger partial charge in [-0.15, -0.1) is 0 Å². The van der Waals surface area contributed by atoms with Crippen LogP contribution < -0.4 is 11.4 Å². The predicted octanol–water partition coefficient (Wildman–Crippen LogP) is 7.45. The number of hydrogen-bond acceptors (Lipinski definition) is 10. The Kier molecular flexibility index (Phi) is 19.6. The Morgan fingerprint density at radius 1 is 0.949 bits per heavy atom. The van der Waals surface area contributed by atoms with Crippen molar-refractivity contribution in [2.75, 3.05) is 36.8 Å². The molecule has 2 N–H and O–H groups in total. The fraction of sp³-hybridized carbons (Fsp3) is 0.889. The molecule has 9 nitrogen and oxygen atoms in total. The van der Waals surface area contributed by atoms with Crippen molar-refractivity contribution in [3.63, 3.8) is 0 Å². The molecule has 2 unspecified atom stereocenters. The monoisotopic (exact) mass is 606 g/mol. The molecule has 0 radical (unpaired) electrons. The Morgan fingerprint density at radius 2 is 1.51 bits per heavy atom. The summed E-state index contributed by atoms with van der Waals surface area (Å²) in [5.41, 5.74) is 4.89. The van der Waals surface area contributed by atoms with E-state index in [0.717, 1.165) is 18.6 Å². The molecule has 12 heteroatoms. The summed E-state index contributed by atoms with van der Waals surface area (Å²) in [7, 11) is 0.636. The number of aromatic nitrogens is 3. The van der Waals surface area contributed by atoms with E-state index in [0.29, 0.717) is 6.61 Å². The lowest BCUT2D eigenvalue weighted by atomic mass is 10.0. The van der Waals surface area contributed by atoms with E-state index in [1.807, 2.05) is 21.6 Å². The third-order valence-corrected chi connectivity index (χ3v) is 10.8. The second-order valence-corrected chi connectivity index (χ2v) is 15.0. The third-order valence-electron chi connectivity index (χ3n) is 6.69. The highest BCUT2D eigenvalue weighted by molar-refractivity contribution is 8.76. The molecule has 1 fully saturated rings. The minimum atomic E-state index is -3.24. The molecular formula is C27H51N4O5PS2. The molecule has 0 saturated carbocycles. The molecule has 0 aromatic carbocycles. The van der Waals surface area contributed by atoms with Crippen molar-refractivity contribution >= 4 is 35.1 Å². The lowest BCUT2D eigenvalue weighted by Gasteiger charge is -2.29. The van der Waals surface area contributed by atoms with Crippen molar-refractivity contribution in [2.24, 2.45) is 0 Å². The first-order valence-corrected chi connectivity index (χ1v) is 19.2. The lowest BCUT2D eigenvalue weighted by Crippen LogP contribution is -2.35. The van der Waals surface area contributed by atoms with Gasteiger partial charge in [-0.05, 0) is 19.3 Å². The van der Waals surface area contributed by atoms with Crippen LogP contribution in [0.4, 0.5) is 5.95 Å². The number of nitrogens with two attached hydrogens (primary N) is 1. The first kappa shape index (κ1) is 34.6. The molecule has 1 aliphatic heterocycles. The first-order valence-electron chi connectivity index (χ1n) is 15.0. The van der Waals surface area contributed by atoms with Crippen molar-refractivity contribution in [1.82, 2.24) is 14.5 Å². The normalized spacial score (nSPS) is 19.5. The lowest BCUT2D eigenvalue weighted by molar-refractivity contribution is -0.0147. The van der Waals surface area contributed by atoms with E-state index in [-0.39, 0.29) is 25.4 Å². The van der Waals surface area contributed by atoms with Gasteiger partial charge in [0.05, 0.1) is 19.8 Å². The van der Waals surface area contributed by atoms with Gasteiger partial charge in [0.2, 0.25) is 5.95 Å². The van der Waals surface area contributed by atoms with Gasteiger partial charge in [0, 0.05) is 11.5 Å². The van der Waals surface area contributed by atoms with Crippen LogP contribution >= 0.6 is 29.2 Å². The molecule has 1 aromatic rings. The number of anilines is 1. The van der Waals surface area contributed by atoms with Gasteiger partial charge in [-0.1, -0.05) is 112 Å². The topological polar surface area (TPSA) is 119 Å². The minimum Gasteiger partial charge on any atom is -0.368 e. The van der Waals surface area contributed by atoms with Gasteiger partial charge in [-0.25, -0.2) is 9.78 Å².